The molecule has 108 valence electrons. The molecule has 5 heteroatoms. The van der Waals surface area contributed by atoms with Crippen LogP contribution in [0.25, 0.3) is 0 Å². The van der Waals surface area contributed by atoms with Crippen LogP contribution in [-0.2, 0) is 0 Å². The highest BCUT2D eigenvalue weighted by Crippen LogP contribution is 2.29. The van der Waals surface area contributed by atoms with Crippen molar-refractivity contribution in [2.24, 2.45) is 0 Å². The van der Waals surface area contributed by atoms with Crippen molar-refractivity contribution in [2.75, 3.05) is 0 Å². The van der Waals surface area contributed by atoms with E-state index >= 15 is 0 Å². The molecule has 0 aliphatic carbocycles. The number of aromatic nitrogens is 2. The lowest BCUT2D eigenvalue weighted by Gasteiger charge is -2.26. The van der Waals surface area contributed by atoms with E-state index in [4.69, 9.17) is 9.47 Å². The van der Waals surface area contributed by atoms with Crippen molar-refractivity contribution >= 4 is 15.9 Å². The molecule has 0 bridgehead atoms. The van der Waals surface area contributed by atoms with Gasteiger partial charge in [-0.25, -0.2) is 4.98 Å². The summed E-state index contributed by atoms with van der Waals surface area (Å²) in [6.45, 7) is 12.2. The van der Waals surface area contributed by atoms with E-state index in [1.165, 1.54) is 0 Å². The SMILES string of the molecule is CCC(C)(C)Oc1ncc(Br)c(OC(C)(C)CC)n1. The molecule has 4 nitrogen and oxygen atoms in total. The van der Waals surface area contributed by atoms with Gasteiger partial charge in [-0.1, -0.05) is 13.8 Å². The molecule has 0 fully saturated rings. The first-order chi connectivity index (χ1) is 8.69. The normalized spacial score (nSPS) is 12.4. The van der Waals surface area contributed by atoms with Gasteiger partial charge in [0.1, 0.15) is 11.2 Å². The van der Waals surface area contributed by atoms with Crippen molar-refractivity contribution in [3.05, 3.63) is 10.7 Å². The van der Waals surface area contributed by atoms with Crippen molar-refractivity contribution in [3.63, 3.8) is 0 Å². The summed E-state index contributed by atoms with van der Waals surface area (Å²) in [5, 5.41) is 0. The van der Waals surface area contributed by atoms with Gasteiger partial charge in [-0.15, -0.1) is 0 Å². The molecule has 0 atom stereocenters. The summed E-state index contributed by atoms with van der Waals surface area (Å²) < 4.78 is 12.4. The molecule has 1 heterocycles. The highest BCUT2D eigenvalue weighted by molar-refractivity contribution is 9.10. The van der Waals surface area contributed by atoms with Crippen LogP contribution >= 0.6 is 15.9 Å². The van der Waals surface area contributed by atoms with Gasteiger partial charge in [0.05, 0.1) is 10.7 Å². The van der Waals surface area contributed by atoms with Crippen molar-refractivity contribution in [1.82, 2.24) is 9.97 Å². The molecular formula is C14H23BrN2O2. The van der Waals surface area contributed by atoms with E-state index in [1.54, 1.807) is 6.20 Å². The van der Waals surface area contributed by atoms with Crippen LogP contribution in [0.3, 0.4) is 0 Å². The van der Waals surface area contributed by atoms with Crippen molar-refractivity contribution in [1.29, 1.82) is 0 Å². The van der Waals surface area contributed by atoms with E-state index in [9.17, 15) is 0 Å². The molecule has 1 aromatic rings. The predicted molar refractivity (Wildman–Crippen MR) is 79.7 cm³/mol. The topological polar surface area (TPSA) is 44.2 Å². The maximum atomic E-state index is 5.89. The summed E-state index contributed by atoms with van der Waals surface area (Å²) in [6, 6.07) is 0.344. The van der Waals surface area contributed by atoms with Gasteiger partial charge in [-0.3, -0.25) is 0 Å². The Labute approximate surface area is 124 Å². The zero-order valence-electron chi connectivity index (χ0n) is 12.6. The Morgan fingerprint density at radius 2 is 1.58 bits per heavy atom. The molecule has 0 amide bonds. The molecule has 0 saturated carbocycles. The smallest absolute Gasteiger partial charge is 0.320 e. The molecule has 0 spiro atoms. The molecule has 0 aromatic carbocycles. The second-order valence-electron chi connectivity index (χ2n) is 5.74. The highest BCUT2D eigenvalue weighted by atomic mass is 79.9. The van der Waals surface area contributed by atoms with Gasteiger partial charge < -0.3 is 9.47 Å². The van der Waals surface area contributed by atoms with Gasteiger partial charge >= 0.3 is 6.01 Å². The van der Waals surface area contributed by atoms with Crippen LogP contribution in [0.4, 0.5) is 0 Å². The summed E-state index contributed by atoms with van der Waals surface area (Å²) in [5.74, 6) is 0.517. The van der Waals surface area contributed by atoms with Gasteiger partial charge in [0, 0.05) is 0 Å². The zero-order chi connectivity index (χ0) is 14.7. The monoisotopic (exact) mass is 330 g/mol. The van der Waals surface area contributed by atoms with Crippen LogP contribution in [0.2, 0.25) is 0 Å². The van der Waals surface area contributed by atoms with E-state index in [0.717, 1.165) is 17.3 Å². The molecule has 0 saturated heterocycles. The number of nitrogens with zero attached hydrogens (tertiary/aromatic N) is 2. The van der Waals surface area contributed by atoms with E-state index in [0.29, 0.717) is 11.9 Å². The lowest BCUT2D eigenvalue weighted by Crippen LogP contribution is -2.29. The van der Waals surface area contributed by atoms with E-state index in [-0.39, 0.29) is 11.2 Å². The molecular weight excluding hydrogens is 308 g/mol. The highest BCUT2D eigenvalue weighted by Gasteiger charge is 2.22. The summed E-state index contributed by atoms with van der Waals surface area (Å²) >= 11 is 3.40. The Morgan fingerprint density at radius 1 is 1.05 bits per heavy atom. The molecule has 0 unspecified atom stereocenters. The Hall–Kier alpha value is -0.840. The second kappa shape index (κ2) is 6.07. The number of ether oxygens (including phenoxy) is 2. The fourth-order valence-corrected chi connectivity index (χ4v) is 1.38. The molecule has 0 radical (unpaired) electrons. The van der Waals surface area contributed by atoms with Crippen molar-refractivity contribution in [2.45, 2.75) is 65.6 Å². The van der Waals surface area contributed by atoms with Crippen LogP contribution in [-0.4, -0.2) is 21.2 Å². The first-order valence-corrected chi connectivity index (χ1v) is 7.39. The van der Waals surface area contributed by atoms with Crippen LogP contribution in [0.1, 0.15) is 54.4 Å². The summed E-state index contributed by atoms with van der Waals surface area (Å²) in [7, 11) is 0. The largest absolute Gasteiger partial charge is 0.471 e. The quantitative estimate of drug-likeness (QED) is 0.776. The predicted octanol–water partition coefficient (Wildman–Crippen LogP) is 4.37. The minimum absolute atomic E-state index is 0.269. The fraction of sp³-hybridized carbons (Fsp3) is 0.714. The first kappa shape index (κ1) is 16.2. The minimum atomic E-state index is -0.286. The van der Waals surface area contributed by atoms with Gasteiger partial charge in [-0.05, 0) is 56.5 Å². The molecule has 0 N–H and O–H groups in total. The lowest BCUT2D eigenvalue weighted by molar-refractivity contribution is 0.0791. The Morgan fingerprint density at radius 3 is 2.11 bits per heavy atom. The summed E-state index contributed by atoms with van der Waals surface area (Å²) in [5.41, 5.74) is -0.556. The summed E-state index contributed by atoms with van der Waals surface area (Å²) in [4.78, 5) is 8.50. The van der Waals surface area contributed by atoms with Crippen LogP contribution in [0.5, 0.6) is 11.9 Å². The third-order valence-corrected chi connectivity index (χ3v) is 3.68. The van der Waals surface area contributed by atoms with E-state index < -0.39 is 0 Å². The Balaban J connectivity index is 2.95. The third-order valence-electron chi connectivity index (χ3n) is 3.13. The maximum absolute atomic E-state index is 5.89. The van der Waals surface area contributed by atoms with E-state index in [2.05, 4.69) is 39.7 Å². The van der Waals surface area contributed by atoms with Crippen LogP contribution in [0, 0.1) is 0 Å². The fourth-order valence-electron chi connectivity index (χ4n) is 1.11. The van der Waals surface area contributed by atoms with Gasteiger partial charge in [0.25, 0.3) is 0 Å². The molecule has 0 aliphatic rings. The van der Waals surface area contributed by atoms with Gasteiger partial charge in [0.15, 0.2) is 0 Å². The first-order valence-electron chi connectivity index (χ1n) is 6.59. The third kappa shape index (κ3) is 4.97. The number of rotatable bonds is 6. The average molecular weight is 331 g/mol. The Kier molecular flexibility index (Phi) is 5.18. The van der Waals surface area contributed by atoms with Crippen molar-refractivity contribution in [3.8, 4) is 11.9 Å². The molecule has 0 aliphatic heterocycles. The second-order valence-corrected chi connectivity index (χ2v) is 6.59. The lowest BCUT2D eigenvalue weighted by atomic mass is 10.1. The minimum Gasteiger partial charge on any atom is -0.471 e. The molecule has 1 rings (SSSR count). The van der Waals surface area contributed by atoms with Crippen LogP contribution < -0.4 is 9.47 Å². The average Bonchev–Trinajstić information content (AvgIpc) is 2.33. The summed E-state index contributed by atoms with van der Waals surface area (Å²) in [6.07, 6.45) is 3.43. The van der Waals surface area contributed by atoms with Gasteiger partial charge in [0.2, 0.25) is 5.88 Å². The van der Waals surface area contributed by atoms with Gasteiger partial charge in [-0.2, -0.15) is 4.98 Å². The maximum Gasteiger partial charge on any atom is 0.320 e. The van der Waals surface area contributed by atoms with Crippen LogP contribution in [0.15, 0.2) is 10.7 Å². The number of hydrogen-bond acceptors (Lipinski definition) is 4. The Bertz CT molecular complexity index is 433. The standard InChI is InChI=1S/C14H23BrN2O2/c1-7-13(3,4)18-11-10(15)9-16-12(17-11)19-14(5,6)8-2/h9H,7-8H2,1-6H3. The number of hydrogen-bond donors (Lipinski definition) is 0. The number of halogens is 1. The van der Waals surface area contributed by atoms with E-state index in [1.807, 2.05) is 27.7 Å². The zero-order valence-corrected chi connectivity index (χ0v) is 14.2. The molecule has 1 aromatic heterocycles. The molecule has 19 heavy (non-hydrogen) atoms. The van der Waals surface area contributed by atoms with Crippen molar-refractivity contribution < 1.29 is 9.47 Å².